The van der Waals surface area contributed by atoms with Gasteiger partial charge in [0.1, 0.15) is 5.03 Å². The highest BCUT2D eigenvalue weighted by Crippen LogP contribution is 2.20. The zero-order chi connectivity index (χ0) is 7.72. The average Bonchev–Trinajstić information content (AvgIpc) is 1.93. The number of carbonyl (C=O) groups excluding carboxylic acids is 2. The summed E-state index contributed by atoms with van der Waals surface area (Å²) < 4.78 is 0. The van der Waals surface area contributed by atoms with Crippen LogP contribution in [0.5, 0.6) is 0 Å². The molecule has 1 aliphatic carbocycles. The Balaban J connectivity index is 3.11. The van der Waals surface area contributed by atoms with Gasteiger partial charge in [0, 0.05) is 0 Å². The van der Waals surface area contributed by atoms with Crippen molar-refractivity contribution in [3.8, 4) is 0 Å². The summed E-state index contributed by atoms with van der Waals surface area (Å²) >= 11 is 10.8. The van der Waals surface area contributed by atoms with Gasteiger partial charge in [0.2, 0.25) is 11.6 Å². The number of hydrogen-bond acceptors (Lipinski definition) is 2. The number of rotatable bonds is 0. The molecule has 0 unspecified atom stereocenters. The number of allylic oxidation sites excluding steroid dienone is 4. The van der Waals surface area contributed by atoms with Crippen molar-refractivity contribution in [2.75, 3.05) is 0 Å². The molecule has 0 fully saturated rings. The lowest BCUT2D eigenvalue weighted by Gasteiger charge is -2.00. The van der Waals surface area contributed by atoms with Gasteiger partial charge in [-0.1, -0.05) is 23.2 Å². The highest BCUT2D eigenvalue weighted by atomic mass is 35.5. The molecule has 4 heteroatoms. The maximum Gasteiger partial charge on any atom is 0.245 e. The Labute approximate surface area is 67.1 Å². The van der Waals surface area contributed by atoms with Crippen LogP contribution in [0.25, 0.3) is 0 Å². The molecule has 0 atom stereocenters. The highest BCUT2D eigenvalue weighted by Gasteiger charge is 2.20. The van der Waals surface area contributed by atoms with E-state index in [9.17, 15) is 9.59 Å². The summed E-state index contributed by atoms with van der Waals surface area (Å²) in [4.78, 5) is 21.2. The Morgan fingerprint density at radius 3 is 2.20 bits per heavy atom. The largest absolute Gasteiger partial charge is 0.286 e. The SMILES string of the molecule is O=C1C=CC(Cl)=C(Cl)C1=O. The monoisotopic (exact) mass is 176 g/mol. The molecule has 0 N–H and O–H groups in total. The number of halogens is 2. The van der Waals surface area contributed by atoms with Gasteiger partial charge >= 0.3 is 0 Å². The Morgan fingerprint density at radius 1 is 1.10 bits per heavy atom. The Hall–Kier alpha value is -0.600. The van der Waals surface area contributed by atoms with E-state index >= 15 is 0 Å². The molecular formula is C6H2Cl2O2. The summed E-state index contributed by atoms with van der Waals surface area (Å²) in [5.41, 5.74) is 0. The lowest BCUT2D eigenvalue weighted by atomic mass is 10.1. The third-order valence-electron chi connectivity index (χ3n) is 1.01. The maximum absolute atomic E-state index is 10.7. The van der Waals surface area contributed by atoms with Gasteiger partial charge in [-0.15, -0.1) is 0 Å². The second-order valence-corrected chi connectivity index (χ2v) is 2.47. The molecule has 52 valence electrons. The van der Waals surface area contributed by atoms with Gasteiger partial charge in [-0.3, -0.25) is 9.59 Å². The lowest BCUT2D eigenvalue weighted by molar-refractivity contribution is -0.131. The van der Waals surface area contributed by atoms with E-state index < -0.39 is 11.6 Å². The molecule has 0 saturated heterocycles. The quantitative estimate of drug-likeness (QED) is 0.413. The van der Waals surface area contributed by atoms with Gasteiger partial charge in [-0.05, 0) is 12.2 Å². The smallest absolute Gasteiger partial charge is 0.245 e. The summed E-state index contributed by atoms with van der Waals surface area (Å²) in [5.74, 6) is -1.37. The molecule has 10 heavy (non-hydrogen) atoms. The van der Waals surface area contributed by atoms with Gasteiger partial charge < -0.3 is 0 Å². The third kappa shape index (κ3) is 1.13. The first-order valence-corrected chi connectivity index (χ1v) is 3.20. The lowest BCUT2D eigenvalue weighted by Crippen LogP contribution is -2.14. The van der Waals surface area contributed by atoms with Crippen molar-refractivity contribution in [1.82, 2.24) is 0 Å². The molecular weight excluding hydrogens is 175 g/mol. The van der Waals surface area contributed by atoms with E-state index in [-0.39, 0.29) is 10.1 Å². The maximum atomic E-state index is 10.7. The predicted molar refractivity (Wildman–Crippen MR) is 37.9 cm³/mol. The van der Waals surface area contributed by atoms with Crippen LogP contribution in [0.2, 0.25) is 0 Å². The fourth-order valence-electron chi connectivity index (χ4n) is 0.514. The molecule has 0 aromatic carbocycles. The fraction of sp³-hybridized carbons (Fsp3) is 0. The van der Waals surface area contributed by atoms with Crippen LogP contribution >= 0.6 is 23.2 Å². The van der Waals surface area contributed by atoms with Crippen LogP contribution in [0.15, 0.2) is 22.2 Å². The molecule has 0 radical (unpaired) electrons. The van der Waals surface area contributed by atoms with Crippen LogP contribution in [0.1, 0.15) is 0 Å². The highest BCUT2D eigenvalue weighted by molar-refractivity contribution is 6.63. The van der Waals surface area contributed by atoms with Crippen molar-refractivity contribution in [3.63, 3.8) is 0 Å². The molecule has 0 aromatic heterocycles. The summed E-state index contributed by atoms with van der Waals surface area (Å²) in [7, 11) is 0. The van der Waals surface area contributed by atoms with Crippen LogP contribution in [0, 0.1) is 0 Å². The molecule has 0 amide bonds. The van der Waals surface area contributed by atoms with Crippen molar-refractivity contribution in [3.05, 3.63) is 22.2 Å². The van der Waals surface area contributed by atoms with E-state index in [1.54, 1.807) is 0 Å². The zero-order valence-electron chi connectivity index (χ0n) is 4.73. The molecule has 1 aliphatic rings. The first-order valence-electron chi connectivity index (χ1n) is 2.45. The van der Waals surface area contributed by atoms with Crippen molar-refractivity contribution in [2.24, 2.45) is 0 Å². The van der Waals surface area contributed by atoms with Crippen molar-refractivity contribution >= 4 is 34.8 Å². The van der Waals surface area contributed by atoms with E-state index in [4.69, 9.17) is 23.2 Å². The van der Waals surface area contributed by atoms with E-state index in [2.05, 4.69) is 0 Å². The van der Waals surface area contributed by atoms with Crippen LogP contribution in [-0.4, -0.2) is 11.6 Å². The summed E-state index contributed by atoms with van der Waals surface area (Å²) in [6.07, 6.45) is 2.39. The molecule has 0 bridgehead atoms. The minimum atomic E-state index is -0.742. The number of hydrogen-bond donors (Lipinski definition) is 0. The number of Topliss-reactive ketones (excluding diaryl/α,β-unsaturated/α-hetero) is 1. The minimum absolute atomic E-state index is 0.117. The number of carbonyl (C=O) groups is 2. The fourth-order valence-corrected chi connectivity index (χ4v) is 0.819. The standard InChI is InChI=1S/C6H2Cl2O2/c7-3-1-2-4(9)6(10)5(3)8/h1-2H. The average molecular weight is 177 g/mol. The Bertz CT molecular complexity index is 263. The zero-order valence-corrected chi connectivity index (χ0v) is 6.24. The van der Waals surface area contributed by atoms with Crippen LogP contribution < -0.4 is 0 Å². The van der Waals surface area contributed by atoms with Crippen molar-refractivity contribution in [2.45, 2.75) is 0 Å². The molecule has 2 nitrogen and oxygen atoms in total. The molecule has 0 heterocycles. The van der Waals surface area contributed by atoms with E-state index in [0.717, 1.165) is 6.08 Å². The predicted octanol–water partition coefficient (Wildman–Crippen LogP) is 1.38. The Kier molecular flexibility index (Phi) is 1.92. The van der Waals surface area contributed by atoms with E-state index in [1.165, 1.54) is 6.08 Å². The number of ketones is 2. The molecule has 1 rings (SSSR count). The van der Waals surface area contributed by atoms with Crippen molar-refractivity contribution in [1.29, 1.82) is 0 Å². The van der Waals surface area contributed by atoms with Crippen molar-refractivity contribution < 1.29 is 9.59 Å². The van der Waals surface area contributed by atoms with Crippen LogP contribution in [0.4, 0.5) is 0 Å². The first kappa shape index (κ1) is 7.51. The third-order valence-corrected chi connectivity index (χ3v) is 1.80. The van der Waals surface area contributed by atoms with Gasteiger partial charge in [0.05, 0.1) is 5.03 Å². The molecule has 0 aliphatic heterocycles. The summed E-state index contributed by atoms with van der Waals surface area (Å²) in [6.45, 7) is 0. The van der Waals surface area contributed by atoms with E-state index in [1.807, 2.05) is 0 Å². The van der Waals surface area contributed by atoms with Crippen LogP contribution in [0.3, 0.4) is 0 Å². The summed E-state index contributed by atoms with van der Waals surface area (Å²) in [5, 5.41) is -0.0829. The minimum Gasteiger partial charge on any atom is -0.286 e. The molecule has 0 saturated carbocycles. The second kappa shape index (κ2) is 2.56. The van der Waals surface area contributed by atoms with Crippen LogP contribution in [-0.2, 0) is 9.59 Å². The van der Waals surface area contributed by atoms with Gasteiger partial charge in [0.15, 0.2) is 0 Å². The normalized spacial score (nSPS) is 18.6. The molecule has 0 aromatic rings. The topological polar surface area (TPSA) is 34.1 Å². The molecule has 0 spiro atoms. The van der Waals surface area contributed by atoms with Gasteiger partial charge in [-0.2, -0.15) is 0 Å². The Morgan fingerprint density at radius 2 is 1.70 bits per heavy atom. The van der Waals surface area contributed by atoms with Gasteiger partial charge in [-0.25, -0.2) is 0 Å². The first-order chi connectivity index (χ1) is 4.63. The van der Waals surface area contributed by atoms with Gasteiger partial charge in [0.25, 0.3) is 0 Å². The van der Waals surface area contributed by atoms with E-state index in [0.29, 0.717) is 0 Å². The summed E-state index contributed by atoms with van der Waals surface area (Å²) in [6, 6.07) is 0. The second-order valence-electron chi connectivity index (χ2n) is 1.69.